The third-order valence-electron chi connectivity index (χ3n) is 4.45. The average molecular weight is 209 g/mol. The predicted octanol–water partition coefficient (Wildman–Crippen LogP) is 2.78. The molecule has 1 spiro atoms. The number of rotatable bonds is 0. The van der Waals surface area contributed by atoms with Gasteiger partial charge in [0.05, 0.1) is 13.2 Å². The second-order valence-electron chi connectivity index (χ2n) is 6.17. The van der Waals surface area contributed by atoms with Gasteiger partial charge in [-0.3, -0.25) is 0 Å². The molecule has 1 saturated heterocycles. The van der Waals surface area contributed by atoms with Gasteiger partial charge in [0.15, 0.2) is 5.79 Å². The molecule has 2 heteroatoms. The summed E-state index contributed by atoms with van der Waals surface area (Å²) in [5.41, 5.74) is 0.360. The van der Waals surface area contributed by atoms with E-state index in [-0.39, 0.29) is 5.79 Å². The molecular weight excluding hydrogens is 188 g/mol. The van der Waals surface area contributed by atoms with Crippen molar-refractivity contribution < 1.29 is 9.47 Å². The molecule has 0 amide bonds. The lowest BCUT2D eigenvalue weighted by Gasteiger charge is -2.42. The van der Waals surface area contributed by atoms with Gasteiger partial charge in [-0.15, -0.1) is 0 Å². The summed E-state index contributed by atoms with van der Waals surface area (Å²) in [5.74, 6) is 1.51. The molecule has 0 aromatic heterocycles. The van der Waals surface area contributed by atoms with Gasteiger partial charge in [-0.25, -0.2) is 0 Å². The van der Waals surface area contributed by atoms with Gasteiger partial charge < -0.3 is 9.47 Å². The van der Waals surface area contributed by atoms with Crippen molar-refractivity contribution >= 4 is 0 Å². The van der Waals surface area contributed by atoms with Gasteiger partial charge in [-0.2, -0.15) is 0 Å². The van der Waals surface area contributed by atoms with Crippen LogP contribution in [0.4, 0.5) is 0 Å². The van der Waals surface area contributed by atoms with Crippen molar-refractivity contribution in [3.8, 4) is 0 Å². The van der Waals surface area contributed by atoms with Gasteiger partial charge in [0, 0.05) is 5.41 Å². The van der Waals surface area contributed by atoms with E-state index in [0.29, 0.717) is 5.41 Å². The maximum Gasteiger partial charge on any atom is 0.162 e. The Hall–Kier alpha value is -0.0800. The molecular formula is C13H21O2. The Morgan fingerprint density at radius 2 is 1.53 bits per heavy atom. The minimum atomic E-state index is -0.352. The molecule has 3 aliphatic rings. The Balaban J connectivity index is 1.68. The van der Waals surface area contributed by atoms with Crippen LogP contribution in [0, 0.1) is 23.7 Å². The van der Waals surface area contributed by atoms with Gasteiger partial charge in [-0.05, 0) is 57.8 Å². The van der Waals surface area contributed by atoms with Crippen LogP contribution in [-0.2, 0) is 9.47 Å². The van der Waals surface area contributed by atoms with E-state index in [9.17, 15) is 0 Å². The lowest BCUT2D eigenvalue weighted by atomic mass is 9.84. The molecule has 2 nitrogen and oxygen atoms in total. The first-order chi connectivity index (χ1) is 7.09. The van der Waals surface area contributed by atoms with E-state index >= 15 is 0 Å². The van der Waals surface area contributed by atoms with Crippen LogP contribution in [0.25, 0.3) is 0 Å². The molecule has 0 unspecified atom stereocenters. The first-order valence-electron chi connectivity index (χ1n) is 6.18. The summed E-state index contributed by atoms with van der Waals surface area (Å²) in [6.45, 7) is 5.85. The van der Waals surface area contributed by atoms with Crippen LogP contribution in [0.3, 0.4) is 0 Å². The summed E-state index contributed by atoms with van der Waals surface area (Å²) < 4.78 is 11.7. The van der Waals surface area contributed by atoms with E-state index in [4.69, 9.17) is 9.47 Å². The maximum absolute atomic E-state index is 5.84. The fourth-order valence-corrected chi connectivity index (χ4v) is 3.58. The zero-order valence-electron chi connectivity index (χ0n) is 9.79. The monoisotopic (exact) mass is 209 g/mol. The van der Waals surface area contributed by atoms with Crippen LogP contribution >= 0.6 is 0 Å². The van der Waals surface area contributed by atoms with Crippen molar-refractivity contribution in [3.05, 3.63) is 6.42 Å². The van der Waals surface area contributed by atoms with E-state index < -0.39 is 0 Å². The SMILES string of the molecule is CC1(C)OCC2(CO1)C[C@@H]1C[CH]C[C@H]1C2. The highest BCUT2D eigenvalue weighted by Gasteiger charge is 2.50. The molecule has 85 valence electrons. The fraction of sp³-hybridized carbons (Fsp3) is 0.923. The van der Waals surface area contributed by atoms with E-state index in [1.165, 1.54) is 25.7 Å². The van der Waals surface area contributed by atoms with Crippen molar-refractivity contribution in [1.29, 1.82) is 0 Å². The Morgan fingerprint density at radius 1 is 1.00 bits per heavy atom. The van der Waals surface area contributed by atoms with Gasteiger partial charge in [0.25, 0.3) is 0 Å². The lowest BCUT2D eigenvalue weighted by molar-refractivity contribution is -0.285. The second kappa shape index (κ2) is 3.21. The van der Waals surface area contributed by atoms with E-state index in [0.717, 1.165) is 25.0 Å². The Morgan fingerprint density at radius 3 is 2.07 bits per heavy atom. The molecule has 0 bridgehead atoms. The molecule has 0 N–H and O–H groups in total. The minimum absolute atomic E-state index is 0.352. The van der Waals surface area contributed by atoms with Gasteiger partial charge in [-0.1, -0.05) is 0 Å². The zero-order chi connectivity index (χ0) is 10.5. The first-order valence-corrected chi connectivity index (χ1v) is 6.18. The van der Waals surface area contributed by atoms with Gasteiger partial charge >= 0.3 is 0 Å². The normalized spacial score (nSPS) is 42.0. The number of ether oxygens (including phenoxy) is 2. The quantitative estimate of drug-likeness (QED) is 0.610. The standard InChI is InChI=1S/C13H21O2/c1-12(2)14-8-13(9-15-12)6-10-4-3-5-11(10)7-13/h3,10-11H,4-9H2,1-2H3/t10-,11-/m0/s1. The smallest absolute Gasteiger partial charge is 0.162 e. The molecule has 2 saturated carbocycles. The molecule has 0 aromatic rings. The molecule has 1 radical (unpaired) electrons. The molecule has 1 aliphatic heterocycles. The van der Waals surface area contributed by atoms with E-state index in [1.807, 2.05) is 13.8 Å². The van der Waals surface area contributed by atoms with Crippen LogP contribution in [0.15, 0.2) is 0 Å². The van der Waals surface area contributed by atoms with Crippen LogP contribution in [-0.4, -0.2) is 19.0 Å². The summed E-state index contributed by atoms with van der Waals surface area (Å²) in [7, 11) is 0. The van der Waals surface area contributed by atoms with Crippen molar-refractivity contribution in [2.24, 2.45) is 17.3 Å². The summed E-state index contributed by atoms with van der Waals surface area (Å²) in [6.07, 6.45) is 7.77. The molecule has 15 heavy (non-hydrogen) atoms. The van der Waals surface area contributed by atoms with Crippen LogP contribution in [0.1, 0.15) is 39.5 Å². The van der Waals surface area contributed by atoms with Crippen molar-refractivity contribution in [2.75, 3.05) is 13.2 Å². The number of hydrogen-bond acceptors (Lipinski definition) is 2. The molecule has 1 heterocycles. The van der Waals surface area contributed by atoms with Gasteiger partial charge in [0.1, 0.15) is 0 Å². The van der Waals surface area contributed by atoms with Crippen LogP contribution < -0.4 is 0 Å². The maximum atomic E-state index is 5.84. The molecule has 2 aliphatic carbocycles. The zero-order valence-corrected chi connectivity index (χ0v) is 9.79. The van der Waals surface area contributed by atoms with Crippen molar-refractivity contribution in [3.63, 3.8) is 0 Å². The molecule has 3 rings (SSSR count). The van der Waals surface area contributed by atoms with Gasteiger partial charge in [0.2, 0.25) is 0 Å². The third kappa shape index (κ3) is 1.72. The Labute approximate surface area is 92.3 Å². The van der Waals surface area contributed by atoms with E-state index in [2.05, 4.69) is 6.42 Å². The highest BCUT2D eigenvalue weighted by Crippen LogP contribution is 2.54. The average Bonchev–Trinajstić information content (AvgIpc) is 2.69. The Kier molecular flexibility index (Phi) is 2.16. The van der Waals surface area contributed by atoms with Crippen LogP contribution in [0.5, 0.6) is 0 Å². The number of fused-ring (bicyclic) bond motifs is 1. The first kappa shape index (κ1) is 10.1. The summed E-state index contributed by atoms with van der Waals surface area (Å²) in [6, 6.07) is 0. The van der Waals surface area contributed by atoms with Crippen molar-refractivity contribution in [2.45, 2.75) is 45.3 Å². The summed E-state index contributed by atoms with van der Waals surface area (Å²) in [4.78, 5) is 0. The van der Waals surface area contributed by atoms with Crippen molar-refractivity contribution in [1.82, 2.24) is 0 Å². The number of hydrogen-bond donors (Lipinski definition) is 0. The lowest BCUT2D eigenvalue weighted by Crippen LogP contribution is -2.45. The Bertz CT molecular complexity index is 235. The molecule has 2 atom stereocenters. The summed E-state index contributed by atoms with van der Waals surface area (Å²) >= 11 is 0. The molecule has 3 fully saturated rings. The molecule has 0 aromatic carbocycles. The topological polar surface area (TPSA) is 18.5 Å². The predicted molar refractivity (Wildman–Crippen MR) is 58.2 cm³/mol. The second-order valence-corrected chi connectivity index (χ2v) is 6.17. The largest absolute Gasteiger partial charge is 0.350 e. The minimum Gasteiger partial charge on any atom is -0.350 e. The highest BCUT2D eigenvalue weighted by atomic mass is 16.7. The van der Waals surface area contributed by atoms with Crippen LogP contribution in [0.2, 0.25) is 0 Å². The summed E-state index contributed by atoms with van der Waals surface area (Å²) in [5, 5.41) is 0. The van der Waals surface area contributed by atoms with E-state index in [1.54, 1.807) is 0 Å². The fourth-order valence-electron chi connectivity index (χ4n) is 3.58. The third-order valence-corrected chi connectivity index (χ3v) is 4.45. The highest BCUT2D eigenvalue weighted by molar-refractivity contribution is 5.02.